The Labute approximate surface area is 169 Å². The van der Waals surface area contributed by atoms with E-state index in [0.29, 0.717) is 26.2 Å². The summed E-state index contributed by atoms with van der Waals surface area (Å²) in [4.78, 5) is 8.89. The summed E-state index contributed by atoms with van der Waals surface area (Å²) in [6.45, 7) is 9.13. The first-order chi connectivity index (χ1) is 13.2. The van der Waals surface area contributed by atoms with Gasteiger partial charge in [-0.1, -0.05) is 18.2 Å². The van der Waals surface area contributed by atoms with Crippen LogP contribution in [0.3, 0.4) is 0 Å². The second kappa shape index (κ2) is 9.60. The van der Waals surface area contributed by atoms with Crippen molar-refractivity contribution in [1.29, 1.82) is 0 Å². The van der Waals surface area contributed by atoms with Gasteiger partial charge in [0.1, 0.15) is 12.4 Å². The smallest absolute Gasteiger partial charge is 0.194 e. The average molecular weight is 411 g/mol. The molecular weight excluding hydrogens is 376 g/mol. The minimum atomic E-state index is -3.08. The monoisotopic (exact) mass is 410 g/mol. The molecule has 0 saturated carbocycles. The third-order valence-electron chi connectivity index (χ3n) is 4.85. The highest BCUT2D eigenvalue weighted by atomic mass is 32.2. The van der Waals surface area contributed by atoms with Crippen LogP contribution in [0.4, 0.5) is 0 Å². The van der Waals surface area contributed by atoms with Gasteiger partial charge in [0.05, 0.1) is 17.0 Å². The van der Waals surface area contributed by atoms with Gasteiger partial charge < -0.3 is 19.9 Å². The second-order valence-corrected chi connectivity index (χ2v) is 10.7. The molecule has 2 rings (SSSR count). The molecule has 0 atom stereocenters. The van der Waals surface area contributed by atoms with Gasteiger partial charge in [0.15, 0.2) is 15.8 Å². The summed E-state index contributed by atoms with van der Waals surface area (Å²) in [5, 5.41) is 3.30. The fourth-order valence-corrected chi connectivity index (χ4v) is 4.39. The van der Waals surface area contributed by atoms with Gasteiger partial charge in [-0.05, 0) is 40.9 Å². The van der Waals surface area contributed by atoms with Gasteiger partial charge in [0.25, 0.3) is 0 Å². The SMILES string of the molecule is CCNC(=NCc1ccccc1OCCN(C)C)N1CCS(=O)(=O)C(C)(C)C1. The molecule has 0 bridgehead atoms. The molecule has 158 valence electrons. The van der Waals surface area contributed by atoms with E-state index in [1.165, 1.54) is 0 Å². The number of likely N-dealkylation sites (N-methyl/N-ethyl adjacent to an activating group) is 1. The topological polar surface area (TPSA) is 74.2 Å². The van der Waals surface area contributed by atoms with Gasteiger partial charge in [0.2, 0.25) is 0 Å². The molecular formula is C20H34N4O3S. The molecule has 1 aromatic carbocycles. The summed E-state index contributed by atoms with van der Waals surface area (Å²) >= 11 is 0. The van der Waals surface area contributed by atoms with Crippen LogP contribution in [-0.2, 0) is 16.4 Å². The molecule has 1 fully saturated rings. The lowest BCUT2D eigenvalue weighted by molar-refractivity contribution is 0.259. The number of nitrogens with one attached hydrogen (secondary N) is 1. The first-order valence-electron chi connectivity index (χ1n) is 9.77. The molecule has 0 aromatic heterocycles. The quantitative estimate of drug-likeness (QED) is 0.544. The van der Waals surface area contributed by atoms with Crippen molar-refractivity contribution in [3.8, 4) is 5.75 Å². The number of nitrogens with zero attached hydrogens (tertiary/aromatic N) is 3. The summed E-state index contributed by atoms with van der Waals surface area (Å²) in [7, 11) is 0.951. The molecule has 1 aromatic rings. The minimum absolute atomic E-state index is 0.147. The number of hydrogen-bond acceptors (Lipinski definition) is 5. The van der Waals surface area contributed by atoms with E-state index >= 15 is 0 Å². The highest BCUT2D eigenvalue weighted by molar-refractivity contribution is 7.92. The van der Waals surface area contributed by atoms with Gasteiger partial charge in [-0.15, -0.1) is 0 Å². The van der Waals surface area contributed by atoms with Crippen LogP contribution in [0.1, 0.15) is 26.3 Å². The lowest BCUT2D eigenvalue weighted by atomic mass is 10.2. The molecule has 0 amide bonds. The van der Waals surface area contributed by atoms with E-state index in [4.69, 9.17) is 9.73 Å². The highest BCUT2D eigenvalue weighted by Gasteiger charge is 2.40. The number of ether oxygens (including phenoxy) is 1. The zero-order valence-electron chi connectivity index (χ0n) is 17.7. The predicted octanol–water partition coefficient (Wildman–Crippen LogP) is 1.60. The summed E-state index contributed by atoms with van der Waals surface area (Å²) < 4.78 is 29.7. The van der Waals surface area contributed by atoms with Crippen molar-refractivity contribution >= 4 is 15.8 Å². The van der Waals surface area contributed by atoms with E-state index in [1.807, 2.05) is 50.2 Å². The van der Waals surface area contributed by atoms with Crippen LogP contribution in [-0.4, -0.2) is 81.6 Å². The molecule has 7 nitrogen and oxygen atoms in total. The van der Waals surface area contributed by atoms with Gasteiger partial charge in [-0.2, -0.15) is 0 Å². The number of para-hydroxylation sites is 1. The minimum Gasteiger partial charge on any atom is -0.492 e. The molecule has 1 saturated heterocycles. The summed E-state index contributed by atoms with van der Waals surface area (Å²) in [6.07, 6.45) is 0. The van der Waals surface area contributed by atoms with Crippen LogP contribution < -0.4 is 10.1 Å². The number of sulfone groups is 1. The molecule has 28 heavy (non-hydrogen) atoms. The lowest BCUT2D eigenvalue weighted by Gasteiger charge is -2.39. The maximum atomic E-state index is 12.3. The molecule has 0 spiro atoms. The molecule has 1 aliphatic rings. The van der Waals surface area contributed by atoms with Crippen molar-refractivity contribution in [2.24, 2.45) is 4.99 Å². The third kappa shape index (κ3) is 5.85. The Balaban J connectivity index is 2.13. The van der Waals surface area contributed by atoms with Gasteiger partial charge in [0, 0.05) is 31.7 Å². The molecule has 1 N–H and O–H groups in total. The number of hydrogen-bond donors (Lipinski definition) is 1. The Morgan fingerprint density at radius 1 is 1.32 bits per heavy atom. The maximum Gasteiger partial charge on any atom is 0.194 e. The van der Waals surface area contributed by atoms with Crippen molar-refractivity contribution < 1.29 is 13.2 Å². The summed E-state index contributed by atoms with van der Waals surface area (Å²) in [5.74, 6) is 1.73. The standard InChI is InChI=1S/C20H34N4O3S/c1-6-21-19(24-12-14-28(25,26)20(2,3)16-24)22-15-17-9-7-8-10-18(17)27-13-11-23(4)5/h7-10H,6,11-16H2,1-5H3,(H,21,22). The molecule has 1 heterocycles. The van der Waals surface area contributed by atoms with E-state index < -0.39 is 14.6 Å². The van der Waals surface area contributed by atoms with E-state index in [1.54, 1.807) is 13.8 Å². The third-order valence-corrected chi connectivity index (χ3v) is 7.38. The lowest BCUT2D eigenvalue weighted by Crippen LogP contribution is -2.57. The van der Waals surface area contributed by atoms with Crippen molar-refractivity contribution in [1.82, 2.24) is 15.1 Å². The fraction of sp³-hybridized carbons (Fsp3) is 0.650. The van der Waals surface area contributed by atoms with Crippen molar-refractivity contribution in [2.45, 2.75) is 32.1 Å². The van der Waals surface area contributed by atoms with Crippen LogP contribution in [0, 0.1) is 0 Å². The Kier molecular flexibility index (Phi) is 7.71. The summed E-state index contributed by atoms with van der Waals surface area (Å²) in [5.41, 5.74) is 1.01. The van der Waals surface area contributed by atoms with E-state index in [2.05, 4.69) is 10.2 Å². The second-order valence-electron chi connectivity index (χ2n) is 7.93. The zero-order valence-corrected chi connectivity index (χ0v) is 18.6. The number of guanidine groups is 1. The van der Waals surface area contributed by atoms with E-state index in [9.17, 15) is 8.42 Å². The van der Waals surface area contributed by atoms with Gasteiger partial charge in [-0.3, -0.25) is 0 Å². The zero-order chi connectivity index (χ0) is 20.8. The van der Waals surface area contributed by atoms with Gasteiger partial charge >= 0.3 is 0 Å². The van der Waals surface area contributed by atoms with Crippen LogP contribution in [0.25, 0.3) is 0 Å². The number of rotatable bonds is 7. The Morgan fingerprint density at radius 3 is 2.68 bits per heavy atom. The van der Waals surface area contributed by atoms with Crippen LogP contribution in [0.5, 0.6) is 5.75 Å². The molecule has 1 aliphatic heterocycles. The van der Waals surface area contributed by atoms with Crippen LogP contribution >= 0.6 is 0 Å². The normalized spacial score (nSPS) is 18.9. The van der Waals surface area contributed by atoms with Crippen molar-refractivity contribution in [2.75, 3.05) is 52.6 Å². The molecule has 0 unspecified atom stereocenters. The summed E-state index contributed by atoms with van der Waals surface area (Å²) in [6, 6.07) is 7.92. The van der Waals surface area contributed by atoms with E-state index in [-0.39, 0.29) is 5.75 Å². The highest BCUT2D eigenvalue weighted by Crippen LogP contribution is 2.24. The molecule has 0 radical (unpaired) electrons. The Bertz CT molecular complexity index is 775. The fourth-order valence-electron chi connectivity index (χ4n) is 3.02. The maximum absolute atomic E-state index is 12.3. The largest absolute Gasteiger partial charge is 0.492 e. The predicted molar refractivity (Wildman–Crippen MR) is 115 cm³/mol. The first-order valence-corrected chi connectivity index (χ1v) is 11.4. The average Bonchev–Trinajstić information content (AvgIpc) is 2.62. The molecule has 0 aliphatic carbocycles. The van der Waals surface area contributed by atoms with Crippen LogP contribution in [0.2, 0.25) is 0 Å². The Hall–Kier alpha value is -1.80. The number of aliphatic imine (C=N–C) groups is 1. The van der Waals surface area contributed by atoms with Gasteiger partial charge in [-0.25, -0.2) is 13.4 Å². The van der Waals surface area contributed by atoms with Crippen LogP contribution in [0.15, 0.2) is 29.3 Å². The van der Waals surface area contributed by atoms with E-state index in [0.717, 1.165) is 30.4 Å². The number of benzene rings is 1. The first kappa shape index (κ1) is 22.5. The molecule has 8 heteroatoms. The Morgan fingerprint density at radius 2 is 2.04 bits per heavy atom. The van der Waals surface area contributed by atoms with Crippen molar-refractivity contribution in [3.05, 3.63) is 29.8 Å². The van der Waals surface area contributed by atoms with Crippen molar-refractivity contribution in [3.63, 3.8) is 0 Å².